The molecule has 0 radical (unpaired) electrons. The topological polar surface area (TPSA) is 84.1 Å². The van der Waals surface area contributed by atoms with Gasteiger partial charge in [-0.2, -0.15) is 15.0 Å². The lowest BCUT2D eigenvalue weighted by Gasteiger charge is -2.37. The molecule has 1 amide bonds. The average molecular weight is 412 g/mol. The quantitative estimate of drug-likeness (QED) is 0.712. The van der Waals surface area contributed by atoms with Gasteiger partial charge >= 0.3 is 0 Å². The van der Waals surface area contributed by atoms with Crippen LogP contribution in [0.4, 0.5) is 0 Å². The molecule has 2 unspecified atom stereocenters. The van der Waals surface area contributed by atoms with Gasteiger partial charge in [0, 0.05) is 23.9 Å². The first-order chi connectivity index (χ1) is 13.8. The molecule has 1 fully saturated rings. The van der Waals surface area contributed by atoms with Crippen LogP contribution in [-0.4, -0.2) is 48.5 Å². The number of carbonyl (C=O) groups excluding carboxylic acids is 1. The molecule has 1 aliphatic rings. The van der Waals surface area contributed by atoms with Crippen molar-refractivity contribution < 1.29 is 9.90 Å². The first-order valence-electron chi connectivity index (χ1n) is 9.79. The van der Waals surface area contributed by atoms with Gasteiger partial charge in [0.2, 0.25) is 0 Å². The average Bonchev–Trinajstić information content (AvgIpc) is 3.40. The molecule has 4 rings (SSSR count). The molecule has 29 heavy (non-hydrogen) atoms. The Morgan fingerprint density at radius 2 is 1.93 bits per heavy atom. The summed E-state index contributed by atoms with van der Waals surface area (Å²) < 4.78 is 0. The molecular weight excluding hydrogens is 386 g/mol. The highest BCUT2D eigenvalue weighted by Crippen LogP contribution is 2.34. The molecular formula is C21H25N5O2S. The number of hydrogen-bond donors (Lipinski definition) is 1. The van der Waals surface area contributed by atoms with Gasteiger partial charge in [0.25, 0.3) is 5.91 Å². The van der Waals surface area contributed by atoms with Gasteiger partial charge in [-0.25, -0.2) is 4.98 Å². The van der Waals surface area contributed by atoms with Gasteiger partial charge in [0.05, 0.1) is 34.3 Å². The summed E-state index contributed by atoms with van der Waals surface area (Å²) in [6, 6.07) is 7.57. The van der Waals surface area contributed by atoms with Crippen LogP contribution >= 0.6 is 11.3 Å². The molecule has 152 valence electrons. The summed E-state index contributed by atoms with van der Waals surface area (Å²) in [5, 5.41) is 21.5. The van der Waals surface area contributed by atoms with Gasteiger partial charge in [0.1, 0.15) is 5.60 Å². The monoisotopic (exact) mass is 411 g/mol. The maximum atomic E-state index is 13.5. The van der Waals surface area contributed by atoms with E-state index in [9.17, 15) is 9.90 Å². The molecule has 3 aromatic rings. The number of amides is 1. The Hall–Kier alpha value is -2.58. The number of likely N-dealkylation sites (tertiary alicyclic amines) is 1. The van der Waals surface area contributed by atoms with Crippen LogP contribution in [0.2, 0.25) is 0 Å². The van der Waals surface area contributed by atoms with Gasteiger partial charge in [0.15, 0.2) is 0 Å². The minimum Gasteiger partial charge on any atom is -0.384 e. The summed E-state index contributed by atoms with van der Waals surface area (Å²) in [6.07, 6.45) is 5.09. The normalized spacial score (nSPS) is 20.1. The number of piperidine rings is 1. The van der Waals surface area contributed by atoms with Gasteiger partial charge in [-0.15, -0.1) is 11.3 Å². The van der Waals surface area contributed by atoms with E-state index in [1.54, 1.807) is 37.6 Å². The zero-order chi connectivity index (χ0) is 20.6. The van der Waals surface area contributed by atoms with Crippen molar-refractivity contribution in [1.29, 1.82) is 0 Å². The summed E-state index contributed by atoms with van der Waals surface area (Å²) >= 11 is 1.56. The smallest absolute Gasteiger partial charge is 0.256 e. The number of aromatic nitrogens is 4. The summed E-state index contributed by atoms with van der Waals surface area (Å²) in [4.78, 5) is 21.5. The lowest BCUT2D eigenvalue weighted by molar-refractivity contribution is 0.0604. The fourth-order valence-electron chi connectivity index (χ4n) is 3.67. The first kappa shape index (κ1) is 19.7. The third-order valence-corrected chi connectivity index (χ3v) is 6.42. The van der Waals surface area contributed by atoms with Crippen LogP contribution in [0.25, 0.3) is 5.69 Å². The lowest BCUT2D eigenvalue weighted by atomic mass is 9.93. The van der Waals surface area contributed by atoms with E-state index in [0.29, 0.717) is 23.5 Å². The summed E-state index contributed by atoms with van der Waals surface area (Å²) in [6.45, 7) is 6.18. The Balaban J connectivity index is 1.60. The predicted molar refractivity (Wildman–Crippen MR) is 111 cm³/mol. The largest absolute Gasteiger partial charge is 0.384 e. The van der Waals surface area contributed by atoms with E-state index in [1.165, 1.54) is 4.80 Å². The van der Waals surface area contributed by atoms with Crippen molar-refractivity contribution in [3.63, 3.8) is 0 Å². The number of nitrogens with zero attached hydrogens (tertiary/aromatic N) is 5. The highest BCUT2D eigenvalue weighted by atomic mass is 32.1. The molecule has 1 N–H and O–H groups in total. The van der Waals surface area contributed by atoms with Crippen LogP contribution in [0.1, 0.15) is 60.6 Å². The van der Waals surface area contributed by atoms with E-state index < -0.39 is 5.60 Å². The summed E-state index contributed by atoms with van der Waals surface area (Å²) in [5.74, 6) is 0.153. The number of benzene rings is 1. The fraction of sp³-hybridized carbons (Fsp3) is 0.429. The van der Waals surface area contributed by atoms with Crippen LogP contribution in [-0.2, 0) is 5.60 Å². The minimum absolute atomic E-state index is 0.0191. The molecule has 8 heteroatoms. The zero-order valence-corrected chi connectivity index (χ0v) is 17.6. The number of hydrogen-bond acceptors (Lipinski definition) is 6. The molecule has 2 aromatic heterocycles. The standard InChI is InChI=1S/C21H25N5O2S/c1-14-8-9-15(19-24-18(13-29-19)21(2,3)28)12-25(14)20(27)16-6-4-5-7-17(16)26-22-10-11-23-26/h4-7,10-11,13-15,28H,8-9,12H2,1-3H3. The summed E-state index contributed by atoms with van der Waals surface area (Å²) in [7, 11) is 0. The van der Waals surface area contributed by atoms with Gasteiger partial charge in [-0.3, -0.25) is 4.79 Å². The molecule has 0 aliphatic carbocycles. The fourth-order valence-corrected chi connectivity index (χ4v) is 4.78. The molecule has 0 saturated carbocycles. The number of para-hydroxylation sites is 1. The highest BCUT2D eigenvalue weighted by Gasteiger charge is 2.33. The van der Waals surface area contributed by atoms with E-state index >= 15 is 0 Å². The Morgan fingerprint density at radius 3 is 2.62 bits per heavy atom. The predicted octanol–water partition coefficient (Wildman–Crippen LogP) is 3.36. The van der Waals surface area contributed by atoms with E-state index in [0.717, 1.165) is 17.8 Å². The maximum absolute atomic E-state index is 13.5. The second kappa shape index (κ2) is 7.68. The SMILES string of the molecule is CC1CCC(c2nc(C(C)(C)O)cs2)CN1C(=O)c1ccccc1-n1nccn1. The third-order valence-electron chi connectivity index (χ3n) is 5.41. The van der Waals surface area contributed by atoms with Crippen LogP contribution < -0.4 is 0 Å². The molecule has 1 aromatic carbocycles. The number of thiazole rings is 1. The van der Waals surface area contributed by atoms with Crippen LogP contribution in [0.15, 0.2) is 42.0 Å². The van der Waals surface area contributed by atoms with E-state index in [-0.39, 0.29) is 17.9 Å². The Kier molecular flexibility index (Phi) is 5.23. The lowest BCUT2D eigenvalue weighted by Crippen LogP contribution is -2.45. The zero-order valence-electron chi connectivity index (χ0n) is 16.8. The van der Waals surface area contributed by atoms with Crippen molar-refractivity contribution in [3.05, 3.63) is 58.3 Å². The van der Waals surface area contributed by atoms with Crippen molar-refractivity contribution >= 4 is 17.2 Å². The van der Waals surface area contributed by atoms with Crippen molar-refractivity contribution in [3.8, 4) is 5.69 Å². The van der Waals surface area contributed by atoms with Gasteiger partial charge < -0.3 is 10.0 Å². The van der Waals surface area contributed by atoms with Crippen LogP contribution in [0.3, 0.4) is 0 Å². The minimum atomic E-state index is -0.956. The molecule has 7 nitrogen and oxygen atoms in total. The van der Waals surface area contributed by atoms with Crippen LogP contribution in [0.5, 0.6) is 0 Å². The van der Waals surface area contributed by atoms with Crippen molar-refractivity contribution in [1.82, 2.24) is 24.9 Å². The second-order valence-corrected chi connectivity index (χ2v) is 8.94. The van der Waals surface area contributed by atoms with E-state index in [2.05, 4.69) is 22.1 Å². The first-order valence-corrected chi connectivity index (χ1v) is 10.7. The molecule has 3 heterocycles. The van der Waals surface area contributed by atoms with E-state index in [4.69, 9.17) is 0 Å². The Bertz CT molecular complexity index is 993. The number of aliphatic hydroxyl groups is 1. The second-order valence-electron chi connectivity index (χ2n) is 8.05. The molecule has 1 aliphatic heterocycles. The molecule has 1 saturated heterocycles. The van der Waals surface area contributed by atoms with Crippen molar-refractivity contribution in [2.24, 2.45) is 0 Å². The van der Waals surface area contributed by atoms with Crippen LogP contribution in [0, 0.1) is 0 Å². The van der Waals surface area contributed by atoms with E-state index in [1.807, 2.05) is 34.5 Å². The van der Waals surface area contributed by atoms with Gasteiger partial charge in [-0.05, 0) is 45.7 Å². The molecule has 0 spiro atoms. The third kappa shape index (κ3) is 3.95. The van der Waals surface area contributed by atoms with Crippen molar-refractivity contribution in [2.45, 2.75) is 51.2 Å². The molecule has 0 bridgehead atoms. The molecule has 2 atom stereocenters. The Morgan fingerprint density at radius 1 is 1.21 bits per heavy atom. The highest BCUT2D eigenvalue weighted by molar-refractivity contribution is 7.09. The van der Waals surface area contributed by atoms with Gasteiger partial charge in [-0.1, -0.05) is 12.1 Å². The summed E-state index contributed by atoms with van der Waals surface area (Å²) in [5.41, 5.74) is 0.995. The maximum Gasteiger partial charge on any atom is 0.256 e. The number of rotatable bonds is 4. The number of carbonyl (C=O) groups is 1. The van der Waals surface area contributed by atoms with Crippen molar-refractivity contribution in [2.75, 3.05) is 6.54 Å². The Labute approximate surface area is 174 Å².